The monoisotopic (exact) mass is 301 g/mol. The lowest BCUT2D eigenvalue weighted by Crippen LogP contribution is -2.05. The molecule has 1 N–H and O–H groups in total. The Morgan fingerprint density at radius 1 is 1.24 bits per heavy atom. The summed E-state index contributed by atoms with van der Waals surface area (Å²) in [6.07, 6.45) is 7.13. The first-order valence-electron chi connectivity index (χ1n) is 7.34. The minimum Gasteiger partial charge on any atom is -0.370 e. The van der Waals surface area contributed by atoms with E-state index >= 15 is 0 Å². The number of hydrogen-bond acceptors (Lipinski definition) is 6. The van der Waals surface area contributed by atoms with Gasteiger partial charge in [-0.2, -0.15) is 0 Å². The molecule has 110 valence electrons. The summed E-state index contributed by atoms with van der Waals surface area (Å²) in [4.78, 5) is 17.9. The van der Waals surface area contributed by atoms with Crippen molar-refractivity contribution in [2.45, 2.75) is 49.2 Å². The van der Waals surface area contributed by atoms with E-state index in [-0.39, 0.29) is 0 Å². The van der Waals surface area contributed by atoms with Crippen LogP contribution in [0.15, 0.2) is 28.6 Å². The Kier molecular flexibility index (Phi) is 4.34. The van der Waals surface area contributed by atoms with E-state index < -0.39 is 0 Å². The predicted octanol–water partition coefficient (Wildman–Crippen LogP) is 3.43. The van der Waals surface area contributed by atoms with Gasteiger partial charge in [-0.15, -0.1) is 0 Å². The van der Waals surface area contributed by atoms with E-state index in [0.717, 1.165) is 40.4 Å². The number of aryl methyl sites for hydroxylation is 1. The Bertz CT molecular complexity index is 610. The largest absolute Gasteiger partial charge is 0.370 e. The van der Waals surface area contributed by atoms with Gasteiger partial charge >= 0.3 is 0 Å². The van der Waals surface area contributed by atoms with E-state index in [0.29, 0.717) is 5.92 Å². The summed E-state index contributed by atoms with van der Waals surface area (Å²) in [7, 11) is 0. The fourth-order valence-corrected chi connectivity index (χ4v) is 2.60. The Labute approximate surface area is 129 Å². The molecule has 2 heterocycles. The van der Waals surface area contributed by atoms with E-state index in [1.807, 2.05) is 25.4 Å². The molecule has 0 aliphatic heterocycles. The molecule has 5 nitrogen and oxygen atoms in total. The van der Waals surface area contributed by atoms with Crippen LogP contribution in [-0.2, 0) is 0 Å². The lowest BCUT2D eigenvalue weighted by Gasteiger charge is -2.08. The van der Waals surface area contributed by atoms with Gasteiger partial charge in [0.25, 0.3) is 0 Å². The second-order valence-corrected chi connectivity index (χ2v) is 6.28. The zero-order valence-electron chi connectivity index (χ0n) is 12.3. The molecule has 0 bridgehead atoms. The molecule has 1 saturated carbocycles. The summed E-state index contributed by atoms with van der Waals surface area (Å²) in [5.41, 5.74) is 1.06. The van der Waals surface area contributed by atoms with Crippen LogP contribution in [0.3, 0.4) is 0 Å². The van der Waals surface area contributed by atoms with E-state index in [1.165, 1.54) is 24.6 Å². The zero-order chi connectivity index (χ0) is 14.7. The molecule has 1 aliphatic rings. The van der Waals surface area contributed by atoms with Crippen LogP contribution >= 0.6 is 11.8 Å². The highest BCUT2D eigenvalue weighted by Gasteiger charge is 2.27. The molecule has 1 aliphatic carbocycles. The normalized spacial score (nSPS) is 14.2. The number of nitrogens with zero attached hydrogens (tertiary/aromatic N) is 4. The molecule has 0 spiro atoms. The van der Waals surface area contributed by atoms with E-state index in [4.69, 9.17) is 0 Å². The van der Waals surface area contributed by atoms with Crippen LogP contribution < -0.4 is 5.32 Å². The highest BCUT2D eigenvalue weighted by Crippen LogP contribution is 2.39. The molecule has 21 heavy (non-hydrogen) atoms. The third kappa shape index (κ3) is 3.91. The zero-order valence-corrected chi connectivity index (χ0v) is 13.2. The average molecular weight is 301 g/mol. The second kappa shape index (κ2) is 6.39. The number of nitrogens with one attached hydrogen (secondary N) is 1. The van der Waals surface area contributed by atoms with Crippen molar-refractivity contribution in [1.82, 2.24) is 19.9 Å². The summed E-state index contributed by atoms with van der Waals surface area (Å²) in [6, 6.07) is 1.98. The van der Waals surface area contributed by atoms with Gasteiger partial charge in [0.1, 0.15) is 16.7 Å². The Balaban J connectivity index is 1.82. The van der Waals surface area contributed by atoms with Crippen molar-refractivity contribution in [3.05, 3.63) is 29.8 Å². The van der Waals surface area contributed by atoms with E-state index in [9.17, 15) is 0 Å². The molecule has 1 fully saturated rings. The minimum absolute atomic E-state index is 0.534. The molecule has 2 aromatic rings. The molecule has 0 amide bonds. The van der Waals surface area contributed by atoms with Crippen LogP contribution in [0.2, 0.25) is 0 Å². The highest BCUT2D eigenvalue weighted by molar-refractivity contribution is 7.99. The summed E-state index contributed by atoms with van der Waals surface area (Å²) in [5, 5.41) is 4.98. The van der Waals surface area contributed by atoms with Crippen LogP contribution in [0, 0.1) is 6.92 Å². The van der Waals surface area contributed by atoms with Crippen LogP contribution in [0.1, 0.15) is 43.5 Å². The predicted molar refractivity (Wildman–Crippen MR) is 83.7 cm³/mol. The number of aromatic nitrogens is 4. The molecule has 3 rings (SSSR count). The lowest BCUT2D eigenvalue weighted by molar-refractivity contribution is 0.863. The average Bonchev–Trinajstić information content (AvgIpc) is 3.32. The van der Waals surface area contributed by atoms with Gasteiger partial charge in [-0.3, -0.25) is 0 Å². The van der Waals surface area contributed by atoms with Crippen LogP contribution in [-0.4, -0.2) is 26.5 Å². The summed E-state index contributed by atoms with van der Waals surface area (Å²) in [6.45, 7) is 5.05. The first-order chi connectivity index (χ1) is 10.2. The fourth-order valence-electron chi connectivity index (χ4n) is 1.89. The quantitative estimate of drug-likeness (QED) is 0.651. The molecule has 0 saturated heterocycles. The van der Waals surface area contributed by atoms with Crippen molar-refractivity contribution in [1.29, 1.82) is 0 Å². The Hall–Kier alpha value is -1.69. The summed E-state index contributed by atoms with van der Waals surface area (Å²) >= 11 is 1.49. The van der Waals surface area contributed by atoms with E-state index in [2.05, 4.69) is 32.2 Å². The molecular formula is C15H19N5S. The fraction of sp³-hybridized carbons (Fsp3) is 0.467. The summed E-state index contributed by atoms with van der Waals surface area (Å²) in [5.74, 6) is 2.39. The third-order valence-corrected chi connectivity index (χ3v) is 3.98. The standard InChI is InChI=1S/C15H19N5S/c1-3-6-16-12-7-13(20-14(19-12)11-4-5-11)21-15-17-8-10(2)9-18-15/h7-9,11H,3-6H2,1-2H3,(H,16,19,20). The SMILES string of the molecule is CCCNc1cc(Sc2ncc(C)cn2)nc(C2CC2)n1. The van der Waals surface area contributed by atoms with Crippen LogP contribution in [0.25, 0.3) is 0 Å². The number of hydrogen-bond donors (Lipinski definition) is 1. The molecule has 0 radical (unpaired) electrons. The first kappa shape index (κ1) is 14.3. The van der Waals surface area contributed by atoms with Gasteiger partial charge in [-0.25, -0.2) is 19.9 Å². The van der Waals surface area contributed by atoms with Crippen molar-refractivity contribution in [3.8, 4) is 0 Å². The maximum atomic E-state index is 4.65. The van der Waals surface area contributed by atoms with Crippen LogP contribution in [0.4, 0.5) is 5.82 Å². The molecule has 6 heteroatoms. The van der Waals surface area contributed by atoms with Gasteiger partial charge in [0.05, 0.1) is 0 Å². The van der Waals surface area contributed by atoms with E-state index in [1.54, 1.807) is 0 Å². The number of anilines is 1. The van der Waals surface area contributed by atoms with Gasteiger partial charge < -0.3 is 5.32 Å². The van der Waals surface area contributed by atoms with Gasteiger partial charge in [-0.05, 0) is 43.5 Å². The van der Waals surface area contributed by atoms with Crippen molar-refractivity contribution in [2.75, 3.05) is 11.9 Å². The smallest absolute Gasteiger partial charge is 0.193 e. The molecule has 0 atom stereocenters. The van der Waals surface area contributed by atoms with Crippen molar-refractivity contribution >= 4 is 17.6 Å². The molecule has 0 aromatic carbocycles. The minimum atomic E-state index is 0.534. The molecular weight excluding hydrogens is 282 g/mol. The van der Waals surface area contributed by atoms with Crippen molar-refractivity contribution in [2.24, 2.45) is 0 Å². The Morgan fingerprint density at radius 3 is 2.67 bits per heavy atom. The van der Waals surface area contributed by atoms with Crippen molar-refractivity contribution in [3.63, 3.8) is 0 Å². The van der Waals surface area contributed by atoms with Crippen LogP contribution in [0.5, 0.6) is 0 Å². The molecule has 0 unspecified atom stereocenters. The maximum Gasteiger partial charge on any atom is 0.193 e. The second-order valence-electron chi connectivity index (χ2n) is 5.30. The van der Waals surface area contributed by atoms with Gasteiger partial charge in [0.15, 0.2) is 5.16 Å². The van der Waals surface area contributed by atoms with Gasteiger partial charge in [0, 0.05) is 30.9 Å². The molecule has 2 aromatic heterocycles. The van der Waals surface area contributed by atoms with Gasteiger partial charge in [0.2, 0.25) is 0 Å². The maximum absolute atomic E-state index is 4.65. The van der Waals surface area contributed by atoms with Crippen molar-refractivity contribution < 1.29 is 0 Å². The highest BCUT2D eigenvalue weighted by atomic mass is 32.2. The Morgan fingerprint density at radius 2 is 2.00 bits per heavy atom. The lowest BCUT2D eigenvalue weighted by atomic mass is 10.4. The number of rotatable bonds is 6. The first-order valence-corrected chi connectivity index (χ1v) is 8.15. The third-order valence-electron chi connectivity index (χ3n) is 3.17. The summed E-state index contributed by atoms with van der Waals surface area (Å²) < 4.78 is 0. The van der Waals surface area contributed by atoms with Gasteiger partial charge in [-0.1, -0.05) is 6.92 Å². The topological polar surface area (TPSA) is 63.6 Å².